The molecule has 1 saturated carbocycles. The average Bonchev–Trinajstić information content (AvgIpc) is 2.37. The summed E-state index contributed by atoms with van der Waals surface area (Å²) in [4.78, 5) is 0. The lowest BCUT2D eigenvalue weighted by atomic mass is 9.95. The molecular weight excluding hydrogens is 358 g/mol. The minimum atomic E-state index is 0.668. The van der Waals surface area contributed by atoms with Gasteiger partial charge in [0.15, 0.2) is 0 Å². The summed E-state index contributed by atoms with van der Waals surface area (Å²) >= 11 is 7.07. The van der Waals surface area contributed by atoms with Crippen molar-refractivity contribution in [2.24, 2.45) is 0 Å². The van der Waals surface area contributed by atoms with Crippen molar-refractivity contribution >= 4 is 31.9 Å². The molecule has 0 amide bonds. The molecule has 18 heavy (non-hydrogen) atoms. The summed E-state index contributed by atoms with van der Waals surface area (Å²) in [6.45, 7) is 0.867. The van der Waals surface area contributed by atoms with Gasteiger partial charge in [-0.15, -0.1) is 0 Å². The van der Waals surface area contributed by atoms with Crippen LogP contribution in [0.4, 0.5) is 0 Å². The molecule has 0 saturated heterocycles. The smallest absolute Gasteiger partial charge is 0.137 e. The van der Waals surface area contributed by atoms with Crippen LogP contribution in [0.15, 0.2) is 21.1 Å². The first-order valence-electron chi connectivity index (χ1n) is 6.46. The van der Waals surface area contributed by atoms with Crippen molar-refractivity contribution in [2.75, 3.05) is 7.11 Å². The van der Waals surface area contributed by atoms with Crippen LogP contribution >= 0.6 is 31.9 Å². The van der Waals surface area contributed by atoms with Crippen LogP contribution in [0.5, 0.6) is 5.75 Å². The van der Waals surface area contributed by atoms with Crippen LogP contribution in [-0.2, 0) is 6.54 Å². The highest BCUT2D eigenvalue weighted by atomic mass is 79.9. The van der Waals surface area contributed by atoms with Crippen LogP contribution in [0.2, 0.25) is 0 Å². The van der Waals surface area contributed by atoms with Crippen molar-refractivity contribution in [1.82, 2.24) is 5.32 Å². The van der Waals surface area contributed by atoms with Crippen LogP contribution in [-0.4, -0.2) is 13.2 Å². The fourth-order valence-electron chi connectivity index (χ4n) is 2.53. The van der Waals surface area contributed by atoms with E-state index in [1.54, 1.807) is 7.11 Å². The quantitative estimate of drug-likeness (QED) is 0.826. The van der Waals surface area contributed by atoms with Gasteiger partial charge in [0.1, 0.15) is 5.75 Å². The largest absolute Gasteiger partial charge is 0.495 e. The maximum atomic E-state index is 5.46. The average molecular weight is 377 g/mol. The molecule has 0 unspecified atom stereocenters. The highest BCUT2D eigenvalue weighted by Crippen LogP contribution is 2.32. The molecule has 2 nitrogen and oxygen atoms in total. The van der Waals surface area contributed by atoms with Crippen molar-refractivity contribution in [3.8, 4) is 5.75 Å². The lowest BCUT2D eigenvalue weighted by Gasteiger charge is -2.23. The first-order valence-corrected chi connectivity index (χ1v) is 8.04. The highest BCUT2D eigenvalue weighted by molar-refractivity contribution is 9.11. The zero-order valence-electron chi connectivity index (χ0n) is 10.6. The molecule has 1 aromatic rings. The second-order valence-corrected chi connectivity index (χ2v) is 6.57. The van der Waals surface area contributed by atoms with E-state index in [4.69, 9.17) is 4.74 Å². The van der Waals surface area contributed by atoms with E-state index in [0.29, 0.717) is 6.04 Å². The van der Waals surface area contributed by atoms with Gasteiger partial charge in [-0.25, -0.2) is 0 Å². The molecule has 2 rings (SSSR count). The van der Waals surface area contributed by atoms with Crippen molar-refractivity contribution in [3.05, 3.63) is 26.6 Å². The zero-order chi connectivity index (χ0) is 13.0. The Morgan fingerprint density at radius 3 is 2.61 bits per heavy atom. The lowest BCUT2D eigenvalue weighted by Crippen LogP contribution is -2.30. The minimum absolute atomic E-state index is 0.668. The third-order valence-corrected chi connectivity index (χ3v) is 4.52. The number of halogens is 2. The zero-order valence-corrected chi connectivity index (χ0v) is 13.8. The molecule has 100 valence electrons. The predicted octanol–water partition coefficient (Wildman–Crippen LogP) is 4.64. The van der Waals surface area contributed by atoms with Gasteiger partial charge in [0.05, 0.1) is 11.6 Å². The van der Waals surface area contributed by atoms with E-state index in [9.17, 15) is 0 Å². The Morgan fingerprint density at radius 2 is 1.94 bits per heavy atom. The van der Waals surface area contributed by atoms with Crippen LogP contribution in [0.25, 0.3) is 0 Å². The van der Waals surface area contributed by atoms with Crippen molar-refractivity contribution in [3.63, 3.8) is 0 Å². The SMILES string of the molecule is COc1c(Br)cc(Br)cc1CNC1CCCCC1. The standard InChI is InChI=1S/C14H19Br2NO/c1-18-14-10(7-11(15)8-13(14)16)9-17-12-5-3-2-4-6-12/h7-8,12,17H,2-6,9H2,1H3. The van der Waals surface area contributed by atoms with E-state index in [1.165, 1.54) is 37.7 Å². The van der Waals surface area contributed by atoms with E-state index < -0.39 is 0 Å². The van der Waals surface area contributed by atoms with Gasteiger partial charge in [-0.2, -0.15) is 0 Å². The second kappa shape index (κ2) is 6.92. The number of methoxy groups -OCH3 is 1. The van der Waals surface area contributed by atoms with E-state index in [0.717, 1.165) is 21.2 Å². The summed E-state index contributed by atoms with van der Waals surface area (Å²) in [7, 11) is 1.72. The van der Waals surface area contributed by atoms with Crippen LogP contribution in [0.3, 0.4) is 0 Å². The minimum Gasteiger partial charge on any atom is -0.495 e. The molecule has 1 N–H and O–H groups in total. The maximum absolute atomic E-state index is 5.46. The number of hydrogen-bond acceptors (Lipinski definition) is 2. The van der Waals surface area contributed by atoms with E-state index in [1.807, 2.05) is 6.07 Å². The number of ether oxygens (including phenoxy) is 1. The maximum Gasteiger partial charge on any atom is 0.137 e. The first kappa shape index (κ1) is 14.4. The summed E-state index contributed by atoms with van der Waals surface area (Å²) in [6.07, 6.45) is 6.72. The van der Waals surface area contributed by atoms with Gasteiger partial charge >= 0.3 is 0 Å². The van der Waals surface area contributed by atoms with Crippen LogP contribution in [0.1, 0.15) is 37.7 Å². The fourth-order valence-corrected chi connectivity index (χ4v) is 4.01. The summed E-state index contributed by atoms with van der Waals surface area (Å²) in [5, 5.41) is 3.65. The number of nitrogens with one attached hydrogen (secondary N) is 1. The summed E-state index contributed by atoms with van der Waals surface area (Å²) in [5.74, 6) is 0.932. The monoisotopic (exact) mass is 375 g/mol. The third-order valence-electron chi connectivity index (χ3n) is 3.48. The van der Waals surface area contributed by atoms with Crippen LogP contribution < -0.4 is 10.1 Å². The van der Waals surface area contributed by atoms with Gasteiger partial charge in [-0.1, -0.05) is 35.2 Å². The molecule has 0 heterocycles. The van der Waals surface area contributed by atoms with Crippen molar-refractivity contribution in [1.29, 1.82) is 0 Å². The first-order chi connectivity index (χ1) is 8.70. The molecule has 1 fully saturated rings. The normalized spacial score (nSPS) is 16.8. The Labute approximate surface area is 126 Å². The molecule has 0 aromatic heterocycles. The summed E-state index contributed by atoms with van der Waals surface area (Å²) in [6, 6.07) is 4.81. The number of benzene rings is 1. The van der Waals surface area contributed by atoms with Gasteiger partial charge in [-0.3, -0.25) is 0 Å². The van der Waals surface area contributed by atoms with Gasteiger partial charge in [-0.05, 0) is 40.9 Å². The molecule has 4 heteroatoms. The Balaban J connectivity index is 2.03. The van der Waals surface area contributed by atoms with Gasteiger partial charge in [0.2, 0.25) is 0 Å². The molecule has 0 aliphatic heterocycles. The Bertz CT molecular complexity index is 403. The Morgan fingerprint density at radius 1 is 1.22 bits per heavy atom. The molecule has 1 aliphatic carbocycles. The lowest BCUT2D eigenvalue weighted by molar-refractivity contribution is 0.364. The third kappa shape index (κ3) is 3.72. The molecule has 1 aromatic carbocycles. The highest BCUT2D eigenvalue weighted by Gasteiger charge is 2.14. The van der Waals surface area contributed by atoms with E-state index in [2.05, 4.69) is 43.2 Å². The number of rotatable bonds is 4. The van der Waals surface area contributed by atoms with E-state index >= 15 is 0 Å². The van der Waals surface area contributed by atoms with Gasteiger partial charge < -0.3 is 10.1 Å². The summed E-state index contributed by atoms with van der Waals surface area (Å²) in [5.41, 5.74) is 1.20. The van der Waals surface area contributed by atoms with Crippen molar-refractivity contribution < 1.29 is 4.74 Å². The Kier molecular flexibility index (Phi) is 5.52. The molecule has 1 aliphatic rings. The second-order valence-electron chi connectivity index (χ2n) is 4.80. The number of hydrogen-bond donors (Lipinski definition) is 1. The molecule has 0 spiro atoms. The molecule has 0 radical (unpaired) electrons. The van der Waals surface area contributed by atoms with Gasteiger partial charge in [0.25, 0.3) is 0 Å². The summed E-state index contributed by atoms with van der Waals surface area (Å²) < 4.78 is 7.54. The fraction of sp³-hybridized carbons (Fsp3) is 0.571. The Hall–Kier alpha value is -0.0600. The molecule has 0 bridgehead atoms. The van der Waals surface area contributed by atoms with E-state index in [-0.39, 0.29) is 0 Å². The topological polar surface area (TPSA) is 21.3 Å². The van der Waals surface area contributed by atoms with Crippen LogP contribution in [0, 0.1) is 0 Å². The van der Waals surface area contributed by atoms with Crippen molar-refractivity contribution in [2.45, 2.75) is 44.7 Å². The predicted molar refractivity (Wildman–Crippen MR) is 82.1 cm³/mol. The molecular formula is C14H19Br2NO. The molecule has 0 atom stereocenters. The van der Waals surface area contributed by atoms with Gasteiger partial charge in [0, 0.05) is 22.6 Å².